The van der Waals surface area contributed by atoms with E-state index in [1.165, 1.54) is 7.11 Å². The van der Waals surface area contributed by atoms with Gasteiger partial charge in [0.25, 0.3) is 0 Å². The van der Waals surface area contributed by atoms with E-state index < -0.39 is 11.9 Å². The number of rotatable bonds is 4. The first-order valence-corrected chi connectivity index (χ1v) is 9.80. The Morgan fingerprint density at radius 2 is 1.90 bits per heavy atom. The molecule has 0 aliphatic carbocycles. The van der Waals surface area contributed by atoms with Crippen molar-refractivity contribution in [2.24, 2.45) is 0 Å². The Balaban J connectivity index is 2.04. The summed E-state index contributed by atoms with van der Waals surface area (Å²) in [5.41, 5.74) is 4.51. The van der Waals surface area contributed by atoms with Gasteiger partial charge < -0.3 is 19.8 Å². The van der Waals surface area contributed by atoms with Gasteiger partial charge in [-0.05, 0) is 42.8 Å². The Labute approximate surface area is 176 Å². The van der Waals surface area contributed by atoms with Gasteiger partial charge in [-0.1, -0.05) is 28.1 Å². The lowest BCUT2D eigenvalue weighted by Crippen LogP contribution is -2.17. The Morgan fingerprint density at radius 1 is 1.14 bits per heavy atom. The van der Waals surface area contributed by atoms with Crippen LogP contribution in [0, 0.1) is 6.92 Å². The van der Waals surface area contributed by atoms with E-state index in [9.17, 15) is 9.59 Å². The van der Waals surface area contributed by atoms with Crippen LogP contribution in [0.25, 0.3) is 11.3 Å². The highest BCUT2D eigenvalue weighted by Crippen LogP contribution is 2.45. The molecule has 1 atom stereocenters. The summed E-state index contributed by atoms with van der Waals surface area (Å²) in [6.45, 7) is 1.79. The van der Waals surface area contributed by atoms with Gasteiger partial charge in [0, 0.05) is 27.0 Å². The minimum absolute atomic E-state index is 0.196. The molecule has 1 amide bonds. The summed E-state index contributed by atoms with van der Waals surface area (Å²) >= 11 is 3.48. The SMILES string of the molecule is COC(=O)c1c(C)[nH]c(-c2ccccc2OC)c1[C@@H]1C(=O)Nc2ccc(Br)cc21. The Hall–Kier alpha value is -3.06. The number of hydrogen-bond acceptors (Lipinski definition) is 4. The number of halogens is 1. The van der Waals surface area contributed by atoms with Crippen LogP contribution in [0.4, 0.5) is 5.69 Å². The maximum Gasteiger partial charge on any atom is 0.340 e. The van der Waals surface area contributed by atoms with Crippen molar-refractivity contribution in [2.45, 2.75) is 12.8 Å². The molecule has 2 aromatic carbocycles. The molecule has 2 heterocycles. The van der Waals surface area contributed by atoms with Gasteiger partial charge in [-0.15, -0.1) is 0 Å². The Bertz CT molecular complexity index is 1140. The number of esters is 1. The smallest absolute Gasteiger partial charge is 0.340 e. The molecule has 0 saturated heterocycles. The van der Waals surface area contributed by atoms with E-state index >= 15 is 0 Å². The van der Waals surface area contributed by atoms with Crippen LogP contribution in [0.2, 0.25) is 0 Å². The van der Waals surface area contributed by atoms with Crippen LogP contribution in [0.3, 0.4) is 0 Å². The molecule has 3 aromatic rings. The molecule has 0 fully saturated rings. The van der Waals surface area contributed by atoms with Crippen LogP contribution in [0.15, 0.2) is 46.9 Å². The lowest BCUT2D eigenvalue weighted by molar-refractivity contribution is -0.116. The summed E-state index contributed by atoms with van der Waals surface area (Å²) < 4.78 is 11.4. The molecular formula is C22H19BrN2O4. The van der Waals surface area contributed by atoms with Crippen LogP contribution in [-0.4, -0.2) is 31.1 Å². The molecule has 1 aliphatic rings. The number of aromatic nitrogens is 1. The van der Waals surface area contributed by atoms with Gasteiger partial charge in [0.1, 0.15) is 5.75 Å². The lowest BCUT2D eigenvalue weighted by atomic mass is 9.87. The number of aryl methyl sites for hydroxylation is 1. The highest BCUT2D eigenvalue weighted by Gasteiger charge is 2.39. The average Bonchev–Trinajstić information content (AvgIpc) is 3.22. The fraction of sp³-hybridized carbons (Fsp3) is 0.182. The average molecular weight is 455 g/mol. The van der Waals surface area contributed by atoms with Gasteiger partial charge in [-0.2, -0.15) is 0 Å². The van der Waals surface area contributed by atoms with Crippen LogP contribution >= 0.6 is 15.9 Å². The summed E-state index contributed by atoms with van der Waals surface area (Å²) in [5.74, 6) is -0.717. The molecule has 0 radical (unpaired) electrons. The number of hydrogen-bond donors (Lipinski definition) is 2. The largest absolute Gasteiger partial charge is 0.496 e. The van der Waals surface area contributed by atoms with Crippen molar-refractivity contribution in [2.75, 3.05) is 19.5 Å². The molecule has 0 unspecified atom stereocenters. The second-order valence-electron chi connectivity index (χ2n) is 6.76. The Morgan fingerprint density at radius 3 is 2.62 bits per heavy atom. The molecule has 6 nitrogen and oxygen atoms in total. The maximum atomic E-state index is 13.0. The van der Waals surface area contributed by atoms with Crippen molar-refractivity contribution >= 4 is 33.5 Å². The molecular weight excluding hydrogens is 436 g/mol. The molecule has 0 bridgehead atoms. The summed E-state index contributed by atoms with van der Waals surface area (Å²) in [6.07, 6.45) is 0. The second kappa shape index (κ2) is 7.40. The first-order chi connectivity index (χ1) is 14.0. The van der Waals surface area contributed by atoms with E-state index in [0.717, 1.165) is 21.3 Å². The van der Waals surface area contributed by atoms with Crippen molar-refractivity contribution in [3.8, 4) is 17.0 Å². The van der Waals surface area contributed by atoms with E-state index in [1.807, 2.05) is 42.5 Å². The van der Waals surface area contributed by atoms with E-state index in [4.69, 9.17) is 9.47 Å². The van der Waals surface area contributed by atoms with Crippen LogP contribution < -0.4 is 10.1 Å². The molecule has 0 spiro atoms. The predicted molar refractivity (Wildman–Crippen MR) is 113 cm³/mol. The standard InChI is InChI=1S/C22H19BrN2O4/c1-11-17(22(27)29-3)19(20(24-11)13-6-4-5-7-16(13)28-2)18-14-10-12(23)8-9-15(14)25-21(18)26/h4-10,18,24H,1-3H3,(H,25,26)/t18-/m1/s1. The minimum Gasteiger partial charge on any atom is -0.496 e. The van der Waals surface area contributed by atoms with Gasteiger partial charge in [-0.3, -0.25) is 4.79 Å². The number of anilines is 1. The van der Waals surface area contributed by atoms with Gasteiger partial charge in [0.05, 0.1) is 31.4 Å². The highest BCUT2D eigenvalue weighted by atomic mass is 79.9. The summed E-state index contributed by atoms with van der Waals surface area (Å²) in [4.78, 5) is 29.0. The first-order valence-electron chi connectivity index (χ1n) is 9.00. The van der Waals surface area contributed by atoms with Gasteiger partial charge in [0.15, 0.2) is 0 Å². The zero-order valence-corrected chi connectivity index (χ0v) is 17.7. The molecule has 7 heteroatoms. The minimum atomic E-state index is -0.665. The fourth-order valence-corrected chi connectivity index (χ4v) is 4.26. The number of para-hydroxylation sites is 1. The fourth-order valence-electron chi connectivity index (χ4n) is 3.88. The van der Waals surface area contributed by atoms with Gasteiger partial charge in [0.2, 0.25) is 5.91 Å². The topological polar surface area (TPSA) is 80.4 Å². The maximum absolute atomic E-state index is 13.0. The number of ether oxygens (including phenoxy) is 2. The van der Waals surface area contributed by atoms with E-state index in [1.54, 1.807) is 14.0 Å². The van der Waals surface area contributed by atoms with Crippen molar-refractivity contribution in [1.29, 1.82) is 0 Å². The van der Waals surface area contributed by atoms with E-state index in [-0.39, 0.29) is 5.91 Å². The normalized spacial score (nSPS) is 15.0. The number of carbonyl (C=O) groups excluding carboxylic acids is 2. The third-order valence-corrected chi connectivity index (χ3v) is 5.62. The number of amides is 1. The lowest BCUT2D eigenvalue weighted by Gasteiger charge is -2.15. The molecule has 148 valence electrons. The van der Waals surface area contributed by atoms with Crippen molar-refractivity contribution in [3.05, 3.63) is 69.3 Å². The number of fused-ring (bicyclic) bond motifs is 1. The summed E-state index contributed by atoms with van der Waals surface area (Å²) in [6, 6.07) is 13.1. The second-order valence-corrected chi connectivity index (χ2v) is 7.68. The monoisotopic (exact) mass is 454 g/mol. The van der Waals surface area contributed by atoms with Gasteiger partial charge in [-0.25, -0.2) is 4.79 Å². The third kappa shape index (κ3) is 3.11. The number of benzene rings is 2. The number of carbonyl (C=O) groups is 2. The predicted octanol–water partition coefficient (Wildman–Crippen LogP) is 4.63. The zero-order valence-electron chi connectivity index (χ0n) is 16.1. The number of nitrogens with one attached hydrogen (secondary N) is 2. The van der Waals surface area contributed by atoms with Crippen LogP contribution in [-0.2, 0) is 9.53 Å². The third-order valence-electron chi connectivity index (χ3n) is 5.13. The molecule has 1 aliphatic heterocycles. The van der Waals surface area contributed by atoms with Crippen LogP contribution in [0.1, 0.15) is 33.1 Å². The zero-order chi connectivity index (χ0) is 20.7. The van der Waals surface area contributed by atoms with E-state index in [0.29, 0.717) is 28.3 Å². The van der Waals surface area contributed by atoms with E-state index in [2.05, 4.69) is 26.2 Å². The quantitative estimate of drug-likeness (QED) is 0.563. The number of methoxy groups -OCH3 is 2. The summed E-state index contributed by atoms with van der Waals surface area (Å²) in [5, 5.41) is 2.92. The molecule has 2 N–H and O–H groups in total. The Kier molecular flexibility index (Phi) is 4.92. The van der Waals surface area contributed by atoms with Crippen molar-refractivity contribution < 1.29 is 19.1 Å². The highest BCUT2D eigenvalue weighted by molar-refractivity contribution is 9.10. The van der Waals surface area contributed by atoms with Crippen LogP contribution in [0.5, 0.6) is 5.75 Å². The molecule has 1 aromatic heterocycles. The number of aromatic amines is 1. The molecule has 4 rings (SSSR count). The first kappa shape index (κ1) is 19.3. The summed E-state index contributed by atoms with van der Waals surface area (Å²) in [7, 11) is 2.92. The van der Waals surface area contributed by atoms with Crippen molar-refractivity contribution in [3.63, 3.8) is 0 Å². The van der Waals surface area contributed by atoms with Crippen molar-refractivity contribution in [1.82, 2.24) is 4.98 Å². The number of H-pyrrole nitrogens is 1. The molecule has 0 saturated carbocycles. The molecule has 29 heavy (non-hydrogen) atoms. The van der Waals surface area contributed by atoms with Gasteiger partial charge >= 0.3 is 5.97 Å².